The lowest BCUT2D eigenvalue weighted by atomic mass is 9.68. The highest BCUT2D eigenvalue weighted by atomic mass is 19.1. The number of alkyl halides is 1. The molecule has 0 saturated heterocycles. The summed E-state index contributed by atoms with van der Waals surface area (Å²) in [6.07, 6.45) is 0.0774. The Morgan fingerprint density at radius 1 is 0.806 bits per heavy atom. The van der Waals surface area contributed by atoms with Crippen molar-refractivity contribution in [1.82, 2.24) is 9.55 Å². The van der Waals surface area contributed by atoms with E-state index in [9.17, 15) is 9.59 Å². The van der Waals surface area contributed by atoms with E-state index in [1.807, 2.05) is 60.7 Å². The van der Waals surface area contributed by atoms with Crippen molar-refractivity contribution >= 4 is 0 Å². The van der Waals surface area contributed by atoms with Gasteiger partial charge in [-0.2, -0.15) is 0 Å². The van der Waals surface area contributed by atoms with Gasteiger partial charge in [-0.05, 0) is 11.1 Å². The maximum absolute atomic E-state index is 15.2. The van der Waals surface area contributed by atoms with Gasteiger partial charge in [0.25, 0.3) is 5.56 Å². The molecule has 0 radical (unpaired) electrons. The van der Waals surface area contributed by atoms with Gasteiger partial charge in [-0.1, -0.05) is 60.7 Å². The molecule has 1 saturated carbocycles. The SMILES string of the molecule is O=c1ccn(C2C(F)C(COCc3ccccc3)C2COCc2ccccc2)c(=O)[nH]1. The molecule has 1 fully saturated rings. The van der Waals surface area contributed by atoms with Gasteiger partial charge in [-0.3, -0.25) is 14.3 Å². The fourth-order valence-electron chi connectivity index (χ4n) is 4.07. The van der Waals surface area contributed by atoms with Crippen molar-refractivity contribution in [2.24, 2.45) is 11.8 Å². The second kappa shape index (κ2) is 9.85. The third-order valence-corrected chi connectivity index (χ3v) is 5.74. The highest BCUT2D eigenvalue weighted by Gasteiger charge is 2.52. The van der Waals surface area contributed by atoms with Gasteiger partial charge in [0.1, 0.15) is 6.17 Å². The number of nitrogens with one attached hydrogen (secondary N) is 1. The molecule has 7 heteroatoms. The number of benzene rings is 2. The third kappa shape index (κ3) is 5.00. The van der Waals surface area contributed by atoms with E-state index in [0.29, 0.717) is 13.2 Å². The molecule has 1 aromatic heterocycles. The average molecular weight is 424 g/mol. The number of aromatic nitrogens is 2. The summed E-state index contributed by atoms with van der Waals surface area (Å²) in [6, 6.07) is 19.9. The Bertz CT molecular complexity index is 1080. The molecule has 1 aliphatic rings. The molecule has 2 aromatic carbocycles. The number of hydrogen-bond donors (Lipinski definition) is 1. The van der Waals surface area contributed by atoms with Crippen LogP contribution in [0.25, 0.3) is 0 Å². The predicted molar refractivity (Wildman–Crippen MR) is 114 cm³/mol. The maximum atomic E-state index is 15.2. The van der Waals surface area contributed by atoms with Crippen LogP contribution in [0, 0.1) is 11.8 Å². The Morgan fingerprint density at radius 3 is 1.90 bits per heavy atom. The zero-order valence-corrected chi connectivity index (χ0v) is 17.0. The van der Waals surface area contributed by atoms with E-state index in [0.717, 1.165) is 11.1 Å². The van der Waals surface area contributed by atoms with Crippen LogP contribution in [0.15, 0.2) is 82.5 Å². The first-order valence-corrected chi connectivity index (χ1v) is 10.3. The minimum absolute atomic E-state index is 0.226. The minimum Gasteiger partial charge on any atom is -0.376 e. The van der Waals surface area contributed by atoms with Crippen molar-refractivity contribution in [3.8, 4) is 0 Å². The number of H-pyrrole nitrogens is 1. The van der Waals surface area contributed by atoms with Crippen LogP contribution in [0.3, 0.4) is 0 Å². The van der Waals surface area contributed by atoms with E-state index in [2.05, 4.69) is 4.98 Å². The molecule has 3 aromatic rings. The fourth-order valence-corrected chi connectivity index (χ4v) is 4.07. The second-order valence-corrected chi connectivity index (χ2v) is 7.78. The molecule has 6 nitrogen and oxygen atoms in total. The zero-order chi connectivity index (χ0) is 21.6. The molecule has 0 aliphatic heterocycles. The first-order chi connectivity index (χ1) is 15.1. The fraction of sp³-hybridized carbons (Fsp3) is 0.333. The molecule has 0 spiro atoms. The van der Waals surface area contributed by atoms with Crippen molar-refractivity contribution in [2.75, 3.05) is 13.2 Å². The molecule has 0 amide bonds. The van der Waals surface area contributed by atoms with Crippen molar-refractivity contribution in [3.05, 3.63) is 105 Å². The van der Waals surface area contributed by atoms with Crippen LogP contribution in [0.2, 0.25) is 0 Å². The maximum Gasteiger partial charge on any atom is 0.328 e. The number of halogens is 1. The Morgan fingerprint density at radius 2 is 1.35 bits per heavy atom. The van der Waals surface area contributed by atoms with Crippen molar-refractivity contribution in [3.63, 3.8) is 0 Å². The number of aromatic amines is 1. The summed E-state index contributed by atoms with van der Waals surface area (Å²) >= 11 is 0. The number of ether oxygens (including phenoxy) is 2. The molecule has 1 N–H and O–H groups in total. The topological polar surface area (TPSA) is 73.3 Å². The molecule has 4 atom stereocenters. The van der Waals surface area contributed by atoms with Gasteiger partial charge in [0.2, 0.25) is 0 Å². The minimum atomic E-state index is -1.27. The van der Waals surface area contributed by atoms with Crippen LogP contribution in [0.5, 0.6) is 0 Å². The largest absolute Gasteiger partial charge is 0.376 e. The van der Waals surface area contributed by atoms with Gasteiger partial charge in [0.15, 0.2) is 0 Å². The van der Waals surface area contributed by atoms with Crippen molar-refractivity contribution in [1.29, 1.82) is 0 Å². The molecule has 162 valence electrons. The average Bonchev–Trinajstić information content (AvgIpc) is 2.79. The van der Waals surface area contributed by atoms with Gasteiger partial charge in [0, 0.05) is 24.1 Å². The molecule has 31 heavy (non-hydrogen) atoms. The van der Waals surface area contributed by atoms with E-state index >= 15 is 4.39 Å². The van der Waals surface area contributed by atoms with Crippen LogP contribution in [0.1, 0.15) is 17.2 Å². The lowest BCUT2D eigenvalue weighted by Gasteiger charge is -2.48. The lowest BCUT2D eigenvalue weighted by Crippen LogP contribution is -2.56. The normalized spacial score (nSPS) is 22.7. The smallest absolute Gasteiger partial charge is 0.328 e. The highest BCUT2D eigenvalue weighted by Crippen LogP contribution is 2.46. The van der Waals surface area contributed by atoms with E-state index in [-0.39, 0.29) is 19.1 Å². The quantitative estimate of drug-likeness (QED) is 0.573. The molecular formula is C24H25FN2O4. The standard InChI is InChI=1S/C24H25FN2O4/c25-22-19(15-30-13-17-7-3-1-4-8-17)20(16-31-14-18-9-5-2-6-10-18)23(22)27-12-11-21(28)26-24(27)29/h1-12,19-20,22-23H,13-16H2,(H,26,28,29). The summed E-state index contributed by atoms with van der Waals surface area (Å²) in [5.41, 5.74) is 0.920. The Labute approximate surface area is 179 Å². The lowest BCUT2D eigenvalue weighted by molar-refractivity contribution is -0.116. The summed E-state index contributed by atoms with van der Waals surface area (Å²) < 4.78 is 28.1. The van der Waals surface area contributed by atoms with Crippen LogP contribution in [-0.4, -0.2) is 28.9 Å². The Balaban J connectivity index is 1.43. The van der Waals surface area contributed by atoms with Crippen molar-refractivity contribution in [2.45, 2.75) is 25.4 Å². The monoisotopic (exact) mass is 424 g/mol. The number of hydrogen-bond acceptors (Lipinski definition) is 4. The van der Waals surface area contributed by atoms with Gasteiger partial charge in [0.05, 0.1) is 32.5 Å². The zero-order valence-electron chi connectivity index (χ0n) is 17.0. The van der Waals surface area contributed by atoms with Gasteiger partial charge < -0.3 is 9.47 Å². The van der Waals surface area contributed by atoms with Crippen LogP contribution in [-0.2, 0) is 22.7 Å². The summed E-state index contributed by atoms with van der Waals surface area (Å²) in [6.45, 7) is 1.30. The summed E-state index contributed by atoms with van der Waals surface area (Å²) in [4.78, 5) is 25.8. The van der Waals surface area contributed by atoms with E-state index in [4.69, 9.17) is 9.47 Å². The first-order valence-electron chi connectivity index (χ1n) is 10.3. The first kappa shape index (κ1) is 21.2. The highest BCUT2D eigenvalue weighted by molar-refractivity contribution is 5.14. The van der Waals surface area contributed by atoms with E-state index < -0.39 is 29.4 Å². The summed E-state index contributed by atoms with van der Waals surface area (Å²) in [5, 5.41) is 0. The second-order valence-electron chi connectivity index (χ2n) is 7.78. The summed E-state index contributed by atoms with van der Waals surface area (Å²) in [5.74, 6) is -0.651. The van der Waals surface area contributed by atoms with Gasteiger partial charge >= 0.3 is 5.69 Å². The Hall–Kier alpha value is -3.03. The van der Waals surface area contributed by atoms with E-state index in [1.54, 1.807) is 0 Å². The molecule has 4 unspecified atom stereocenters. The predicted octanol–water partition coefficient (Wildman–Crippen LogP) is 3.10. The van der Waals surface area contributed by atoms with Crippen LogP contribution < -0.4 is 11.2 Å². The Kier molecular flexibility index (Phi) is 6.74. The number of nitrogens with zero attached hydrogens (tertiary/aromatic N) is 1. The van der Waals surface area contributed by atoms with Crippen molar-refractivity contribution < 1.29 is 13.9 Å². The molecular weight excluding hydrogens is 399 g/mol. The van der Waals surface area contributed by atoms with Gasteiger partial charge in [-0.25, -0.2) is 9.18 Å². The number of rotatable bonds is 9. The van der Waals surface area contributed by atoms with Crippen LogP contribution in [0.4, 0.5) is 4.39 Å². The third-order valence-electron chi connectivity index (χ3n) is 5.74. The molecule has 4 rings (SSSR count). The van der Waals surface area contributed by atoms with E-state index in [1.165, 1.54) is 16.8 Å². The van der Waals surface area contributed by atoms with Crippen LogP contribution >= 0.6 is 0 Å². The molecule has 1 aliphatic carbocycles. The summed E-state index contributed by atoms with van der Waals surface area (Å²) in [7, 11) is 0. The molecule has 1 heterocycles. The molecule has 0 bridgehead atoms. The van der Waals surface area contributed by atoms with Gasteiger partial charge in [-0.15, -0.1) is 0 Å².